The van der Waals surface area contributed by atoms with E-state index in [1.54, 1.807) is 6.92 Å². The number of nitrogens with two attached hydrogens (primary N) is 1. The predicted molar refractivity (Wildman–Crippen MR) is 70.8 cm³/mol. The van der Waals surface area contributed by atoms with Crippen LogP contribution in [0.25, 0.3) is 0 Å². The number of aliphatic carboxylic acids is 3. The summed E-state index contributed by atoms with van der Waals surface area (Å²) in [5, 5.41) is 43.4. The number of carboxylic acids is 3. The molecule has 0 aromatic carbocycles. The van der Waals surface area contributed by atoms with Crippen LogP contribution in [0.1, 0.15) is 19.8 Å². The molecule has 1 amide bonds. The van der Waals surface area contributed by atoms with E-state index < -0.39 is 36.2 Å². The maximum atomic E-state index is 10.8. The molecule has 3 atom stereocenters. The summed E-state index contributed by atoms with van der Waals surface area (Å²) < 4.78 is 0. The van der Waals surface area contributed by atoms with Crippen LogP contribution in [-0.4, -0.2) is 74.1 Å². The Morgan fingerprint density at radius 1 is 0.955 bits per heavy atom. The van der Waals surface area contributed by atoms with Gasteiger partial charge < -0.3 is 36.6 Å². The number of nitrogens with one attached hydrogen (secondary N) is 1. The number of carbonyl (C=O) groups excluding carboxylic acids is 1. The van der Waals surface area contributed by atoms with Gasteiger partial charge in [-0.3, -0.25) is 9.59 Å². The molecule has 11 nitrogen and oxygen atoms in total. The van der Waals surface area contributed by atoms with Gasteiger partial charge in [-0.2, -0.15) is 0 Å². The quantitative estimate of drug-likeness (QED) is 0.244. The third-order valence-electron chi connectivity index (χ3n) is 2.18. The Morgan fingerprint density at radius 3 is 1.64 bits per heavy atom. The highest BCUT2D eigenvalue weighted by atomic mass is 16.4. The van der Waals surface area contributed by atoms with Gasteiger partial charge in [0.05, 0.1) is 0 Å². The molecule has 128 valence electrons. The summed E-state index contributed by atoms with van der Waals surface area (Å²) >= 11 is 0. The third kappa shape index (κ3) is 10.5. The second kappa shape index (κ2) is 11.4. The van der Waals surface area contributed by atoms with E-state index in [-0.39, 0.29) is 18.7 Å². The second-order valence-electron chi connectivity index (χ2n) is 4.00. The number of rotatable bonds is 8. The van der Waals surface area contributed by atoms with E-state index in [1.807, 2.05) is 0 Å². The third-order valence-corrected chi connectivity index (χ3v) is 2.18. The summed E-state index contributed by atoms with van der Waals surface area (Å²) in [6.45, 7) is 2.36. The molecule has 22 heavy (non-hydrogen) atoms. The largest absolute Gasteiger partial charge is 0.480 e. The topological polar surface area (TPSA) is 207 Å². The fraction of sp³-hybridized carbons (Fsp3) is 0.636. The minimum absolute atomic E-state index is 0.158. The minimum Gasteiger partial charge on any atom is -0.480 e. The number of amides is 1. The summed E-state index contributed by atoms with van der Waals surface area (Å²) in [7, 11) is 0. The van der Waals surface area contributed by atoms with E-state index in [0.717, 1.165) is 0 Å². The van der Waals surface area contributed by atoms with Crippen molar-refractivity contribution in [2.75, 3.05) is 6.54 Å². The molecule has 8 N–H and O–H groups in total. The van der Waals surface area contributed by atoms with Crippen molar-refractivity contribution in [3.05, 3.63) is 0 Å². The highest BCUT2D eigenvalue weighted by molar-refractivity contribution is 5.83. The Morgan fingerprint density at radius 2 is 1.36 bits per heavy atom. The number of aliphatic hydroxyl groups excluding tert-OH is 2. The van der Waals surface area contributed by atoms with Crippen molar-refractivity contribution in [2.24, 2.45) is 5.73 Å². The summed E-state index contributed by atoms with van der Waals surface area (Å²) in [4.78, 5) is 40.6. The first kappa shape index (κ1) is 22.0. The van der Waals surface area contributed by atoms with E-state index in [4.69, 9.17) is 31.3 Å². The summed E-state index contributed by atoms with van der Waals surface area (Å²) in [5.41, 5.74) is 5.18. The Kier molecular flexibility index (Phi) is 11.4. The summed E-state index contributed by atoms with van der Waals surface area (Å²) in [6.07, 6.45) is -4.18. The maximum Gasteiger partial charge on any atom is 0.335 e. The van der Waals surface area contributed by atoms with Gasteiger partial charge >= 0.3 is 17.9 Å². The smallest absolute Gasteiger partial charge is 0.335 e. The van der Waals surface area contributed by atoms with Crippen LogP contribution in [-0.2, 0) is 19.2 Å². The van der Waals surface area contributed by atoms with Crippen LogP contribution in [0.3, 0.4) is 0 Å². The molecule has 0 aliphatic heterocycles. The van der Waals surface area contributed by atoms with E-state index in [9.17, 15) is 19.2 Å². The van der Waals surface area contributed by atoms with Crippen molar-refractivity contribution in [1.29, 1.82) is 0 Å². The lowest BCUT2D eigenvalue weighted by Gasteiger charge is -2.07. The predicted octanol–water partition coefficient (Wildman–Crippen LogP) is -2.81. The summed E-state index contributed by atoms with van der Waals surface area (Å²) in [6, 6.07) is -0.937. The van der Waals surface area contributed by atoms with Crippen molar-refractivity contribution in [1.82, 2.24) is 5.32 Å². The molecule has 0 spiro atoms. The van der Waals surface area contributed by atoms with Gasteiger partial charge in [0.25, 0.3) is 0 Å². The highest BCUT2D eigenvalue weighted by Gasteiger charge is 2.29. The molecule has 11 heteroatoms. The first-order valence-electron chi connectivity index (χ1n) is 6.11. The second-order valence-corrected chi connectivity index (χ2v) is 4.00. The molecule has 0 aliphatic rings. The normalized spacial score (nSPS) is 13.8. The molecule has 0 saturated heterocycles. The molecule has 0 fully saturated rings. The lowest BCUT2D eigenvalue weighted by Crippen LogP contribution is -2.39. The lowest BCUT2D eigenvalue weighted by atomic mass is 10.1. The number of hydrogen-bond acceptors (Lipinski definition) is 7. The standard InChI is InChI=1S/C7H14N2O3.C4H6O6/c1-2-9-6(10)4-3-5(8)7(11)12;5-1(3(7)8)2(6)4(9)10/h5H,2-4,8H2,1H3,(H,9,10)(H,11,12);1-2,5-6H,(H,7,8)(H,9,10)/t5-;/m0./s1. The Balaban J connectivity index is 0. The van der Waals surface area contributed by atoms with Crippen molar-refractivity contribution in [3.63, 3.8) is 0 Å². The Bertz CT molecular complexity index is 381. The van der Waals surface area contributed by atoms with Gasteiger partial charge in [0.1, 0.15) is 6.04 Å². The van der Waals surface area contributed by atoms with Crippen LogP contribution >= 0.6 is 0 Å². The van der Waals surface area contributed by atoms with Crippen LogP contribution in [0.15, 0.2) is 0 Å². The number of aliphatic hydroxyl groups is 2. The van der Waals surface area contributed by atoms with Gasteiger partial charge in [0.15, 0.2) is 12.2 Å². The van der Waals surface area contributed by atoms with Crippen molar-refractivity contribution in [2.45, 2.75) is 38.0 Å². The lowest BCUT2D eigenvalue weighted by molar-refractivity contribution is -0.165. The monoisotopic (exact) mass is 324 g/mol. The zero-order valence-electron chi connectivity index (χ0n) is 11.8. The molecule has 2 unspecified atom stereocenters. The minimum atomic E-state index is -2.27. The maximum absolute atomic E-state index is 10.8. The average molecular weight is 324 g/mol. The van der Waals surface area contributed by atoms with Gasteiger partial charge in [0, 0.05) is 13.0 Å². The van der Waals surface area contributed by atoms with Gasteiger partial charge in [-0.25, -0.2) is 9.59 Å². The zero-order chi connectivity index (χ0) is 17.9. The van der Waals surface area contributed by atoms with Crippen LogP contribution in [0, 0.1) is 0 Å². The molecular weight excluding hydrogens is 304 g/mol. The van der Waals surface area contributed by atoms with Crippen LogP contribution in [0.4, 0.5) is 0 Å². The van der Waals surface area contributed by atoms with Crippen molar-refractivity contribution < 1.29 is 44.7 Å². The van der Waals surface area contributed by atoms with Crippen LogP contribution in [0.5, 0.6) is 0 Å². The van der Waals surface area contributed by atoms with Gasteiger partial charge in [0.2, 0.25) is 5.91 Å². The van der Waals surface area contributed by atoms with E-state index >= 15 is 0 Å². The van der Waals surface area contributed by atoms with E-state index in [2.05, 4.69) is 5.32 Å². The molecule has 0 aromatic rings. The average Bonchev–Trinajstić information content (AvgIpc) is 2.43. The first-order valence-corrected chi connectivity index (χ1v) is 6.11. The molecule has 0 bridgehead atoms. The van der Waals surface area contributed by atoms with Gasteiger partial charge in [-0.05, 0) is 13.3 Å². The van der Waals surface area contributed by atoms with Gasteiger partial charge in [-0.15, -0.1) is 0 Å². The molecule has 0 saturated carbocycles. The van der Waals surface area contributed by atoms with Gasteiger partial charge in [-0.1, -0.05) is 0 Å². The molecule has 0 radical (unpaired) electrons. The fourth-order valence-corrected chi connectivity index (χ4v) is 0.966. The molecule has 0 aliphatic carbocycles. The Labute approximate surface area is 125 Å². The molecular formula is C11H20N2O9. The van der Waals surface area contributed by atoms with Crippen molar-refractivity contribution >= 4 is 23.8 Å². The van der Waals surface area contributed by atoms with Crippen molar-refractivity contribution in [3.8, 4) is 0 Å². The number of hydrogen-bond donors (Lipinski definition) is 7. The van der Waals surface area contributed by atoms with E-state index in [0.29, 0.717) is 6.54 Å². The molecule has 0 aromatic heterocycles. The van der Waals surface area contributed by atoms with E-state index in [1.165, 1.54) is 0 Å². The SMILES string of the molecule is CCNC(=O)CC[C@H](N)C(=O)O.O=C(O)C(O)C(O)C(=O)O. The van der Waals surface area contributed by atoms with Crippen LogP contribution in [0.2, 0.25) is 0 Å². The zero-order valence-corrected chi connectivity index (χ0v) is 11.8. The Hall–Kier alpha value is -2.24. The summed E-state index contributed by atoms with van der Waals surface area (Å²) in [5.74, 6) is -4.77. The first-order chi connectivity index (χ1) is 10.0. The highest BCUT2D eigenvalue weighted by Crippen LogP contribution is 1.94. The number of carboxylic acid groups (broad SMARTS) is 3. The fourth-order valence-electron chi connectivity index (χ4n) is 0.966. The number of carbonyl (C=O) groups is 4. The molecule has 0 rings (SSSR count). The molecule has 0 heterocycles. The van der Waals surface area contributed by atoms with Crippen LogP contribution < -0.4 is 11.1 Å².